The van der Waals surface area contributed by atoms with E-state index in [2.05, 4.69) is 19.1 Å². The standard InChI is InChI=1S/C9H15NO/c1-2-3-4-5-6-7-8-9(10)11/h3-4,7-8H,2,5-6H2,1H3,(H2,10,11)/b4-3?,8-7-. The first kappa shape index (κ1) is 9.95. The van der Waals surface area contributed by atoms with Gasteiger partial charge in [0.1, 0.15) is 0 Å². The predicted molar refractivity (Wildman–Crippen MR) is 47.0 cm³/mol. The topological polar surface area (TPSA) is 43.1 Å². The van der Waals surface area contributed by atoms with Crippen LogP contribution in [0.5, 0.6) is 0 Å². The molecule has 2 heteroatoms. The third-order valence-electron chi connectivity index (χ3n) is 1.18. The normalized spacial score (nSPS) is 11.4. The number of carbonyl (C=O) groups excluding carboxylic acids is 1. The average molecular weight is 153 g/mol. The van der Waals surface area contributed by atoms with Gasteiger partial charge in [0, 0.05) is 0 Å². The first-order chi connectivity index (χ1) is 5.27. The number of rotatable bonds is 5. The molecule has 0 spiro atoms. The lowest BCUT2D eigenvalue weighted by Crippen LogP contribution is -2.05. The van der Waals surface area contributed by atoms with Gasteiger partial charge in [-0.05, 0) is 25.3 Å². The van der Waals surface area contributed by atoms with E-state index in [9.17, 15) is 4.79 Å². The molecule has 0 atom stereocenters. The summed E-state index contributed by atoms with van der Waals surface area (Å²) < 4.78 is 0. The van der Waals surface area contributed by atoms with E-state index in [0.717, 1.165) is 19.3 Å². The number of hydrogen-bond acceptors (Lipinski definition) is 1. The van der Waals surface area contributed by atoms with Crippen LogP contribution in [0.2, 0.25) is 0 Å². The minimum absolute atomic E-state index is 0.371. The number of allylic oxidation sites excluding steroid dienone is 3. The lowest BCUT2D eigenvalue weighted by Gasteiger charge is -1.84. The largest absolute Gasteiger partial charge is 0.366 e. The minimum Gasteiger partial charge on any atom is -0.366 e. The van der Waals surface area contributed by atoms with Crippen LogP contribution in [0, 0.1) is 0 Å². The number of hydrogen-bond donors (Lipinski definition) is 1. The van der Waals surface area contributed by atoms with E-state index in [4.69, 9.17) is 5.73 Å². The fourth-order valence-corrected chi connectivity index (χ4v) is 0.676. The Kier molecular flexibility index (Phi) is 6.39. The summed E-state index contributed by atoms with van der Waals surface area (Å²) in [4.78, 5) is 10.2. The van der Waals surface area contributed by atoms with Crippen molar-refractivity contribution in [1.82, 2.24) is 0 Å². The third-order valence-corrected chi connectivity index (χ3v) is 1.18. The van der Waals surface area contributed by atoms with Gasteiger partial charge in [-0.1, -0.05) is 25.2 Å². The van der Waals surface area contributed by atoms with Crippen molar-refractivity contribution in [3.8, 4) is 0 Å². The van der Waals surface area contributed by atoms with Gasteiger partial charge in [0.05, 0.1) is 0 Å². The van der Waals surface area contributed by atoms with Crippen molar-refractivity contribution < 1.29 is 4.79 Å². The third kappa shape index (κ3) is 8.95. The number of carbonyl (C=O) groups is 1. The second-order valence-corrected chi connectivity index (χ2v) is 2.26. The van der Waals surface area contributed by atoms with Gasteiger partial charge in [-0.2, -0.15) is 0 Å². The van der Waals surface area contributed by atoms with Crippen LogP contribution in [0.1, 0.15) is 26.2 Å². The fraction of sp³-hybridized carbons (Fsp3) is 0.444. The maximum absolute atomic E-state index is 10.2. The molecule has 0 fully saturated rings. The molecule has 0 aliphatic rings. The highest BCUT2D eigenvalue weighted by Gasteiger charge is 1.80. The van der Waals surface area contributed by atoms with Gasteiger partial charge in [-0.15, -0.1) is 0 Å². The van der Waals surface area contributed by atoms with Crippen LogP contribution in [-0.4, -0.2) is 5.91 Å². The molecule has 2 nitrogen and oxygen atoms in total. The van der Waals surface area contributed by atoms with E-state index in [0.29, 0.717) is 0 Å². The lowest BCUT2D eigenvalue weighted by atomic mass is 10.2. The van der Waals surface area contributed by atoms with E-state index >= 15 is 0 Å². The molecule has 11 heavy (non-hydrogen) atoms. The fourth-order valence-electron chi connectivity index (χ4n) is 0.676. The van der Waals surface area contributed by atoms with Crippen molar-refractivity contribution in [3.63, 3.8) is 0 Å². The summed E-state index contributed by atoms with van der Waals surface area (Å²) in [7, 11) is 0. The van der Waals surface area contributed by atoms with E-state index in [1.807, 2.05) is 0 Å². The zero-order valence-electron chi connectivity index (χ0n) is 6.92. The van der Waals surface area contributed by atoms with Crippen LogP contribution in [0.15, 0.2) is 24.3 Å². The molecule has 0 aliphatic heterocycles. The van der Waals surface area contributed by atoms with Crippen molar-refractivity contribution in [2.24, 2.45) is 5.73 Å². The maximum atomic E-state index is 10.2. The molecule has 0 saturated heterocycles. The van der Waals surface area contributed by atoms with E-state index in [1.165, 1.54) is 6.08 Å². The van der Waals surface area contributed by atoms with Crippen molar-refractivity contribution in [1.29, 1.82) is 0 Å². The number of primary amides is 1. The van der Waals surface area contributed by atoms with Gasteiger partial charge in [-0.25, -0.2) is 0 Å². The van der Waals surface area contributed by atoms with Crippen LogP contribution in [0.25, 0.3) is 0 Å². The van der Waals surface area contributed by atoms with Crippen molar-refractivity contribution >= 4 is 5.91 Å². The molecule has 0 unspecified atom stereocenters. The molecule has 0 bridgehead atoms. The number of unbranched alkanes of at least 4 members (excludes halogenated alkanes) is 1. The lowest BCUT2D eigenvalue weighted by molar-refractivity contribution is -0.113. The monoisotopic (exact) mass is 153 g/mol. The first-order valence-electron chi connectivity index (χ1n) is 3.88. The van der Waals surface area contributed by atoms with Crippen LogP contribution in [-0.2, 0) is 4.79 Å². The molecule has 62 valence electrons. The van der Waals surface area contributed by atoms with E-state index in [-0.39, 0.29) is 5.91 Å². The smallest absolute Gasteiger partial charge is 0.241 e. The Labute approximate surface area is 67.8 Å². The highest BCUT2D eigenvalue weighted by Crippen LogP contribution is 1.93. The molecular weight excluding hydrogens is 138 g/mol. The van der Waals surface area contributed by atoms with Crippen LogP contribution in [0.3, 0.4) is 0 Å². The molecule has 0 rings (SSSR count). The molecule has 0 saturated carbocycles. The Morgan fingerprint density at radius 1 is 1.27 bits per heavy atom. The second kappa shape index (κ2) is 7.06. The Morgan fingerprint density at radius 3 is 2.45 bits per heavy atom. The van der Waals surface area contributed by atoms with E-state index < -0.39 is 0 Å². The Hall–Kier alpha value is -1.05. The summed E-state index contributed by atoms with van der Waals surface area (Å²) in [5, 5.41) is 0. The molecule has 0 aromatic carbocycles. The molecule has 2 N–H and O–H groups in total. The predicted octanol–water partition coefficient (Wildman–Crippen LogP) is 1.77. The summed E-state index contributed by atoms with van der Waals surface area (Å²) >= 11 is 0. The Bertz CT molecular complexity index is 159. The molecule has 1 amide bonds. The van der Waals surface area contributed by atoms with Crippen LogP contribution in [0.4, 0.5) is 0 Å². The Morgan fingerprint density at radius 2 is 1.91 bits per heavy atom. The molecule has 0 aromatic heterocycles. The summed E-state index contributed by atoms with van der Waals surface area (Å²) in [6.45, 7) is 2.09. The summed E-state index contributed by atoms with van der Waals surface area (Å²) in [5.74, 6) is -0.371. The van der Waals surface area contributed by atoms with Gasteiger partial charge >= 0.3 is 0 Å². The van der Waals surface area contributed by atoms with Crippen LogP contribution < -0.4 is 5.73 Å². The van der Waals surface area contributed by atoms with Gasteiger partial charge in [0.2, 0.25) is 5.91 Å². The number of amides is 1. The van der Waals surface area contributed by atoms with Gasteiger partial charge in [-0.3, -0.25) is 4.79 Å². The molecular formula is C9H15NO. The van der Waals surface area contributed by atoms with Crippen LogP contribution >= 0.6 is 0 Å². The molecule has 0 aliphatic carbocycles. The highest BCUT2D eigenvalue weighted by molar-refractivity contribution is 5.85. The van der Waals surface area contributed by atoms with Crippen molar-refractivity contribution in [2.45, 2.75) is 26.2 Å². The van der Waals surface area contributed by atoms with E-state index in [1.54, 1.807) is 6.08 Å². The summed E-state index contributed by atoms with van der Waals surface area (Å²) in [6, 6.07) is 0. The molecule has 0 radical (unpaired) electrons. The maximum Gasteiger partial charge on any atom is 0.241 e. The second-order valence-electron chi connectivity index (χ2n) is 2.26. The molecule has 0 aromatic rings. The summed E-state index contributed by atoms with van der Waals surface area (Å²) in [6.07, 6.45) is 10.3. The SMILES string of the molecule is CCC=CCC/C=C\C(N)=O. The first-order valence-corrected chi connectivity index (χ1v) is 3.88. The highest BCUT2D eigenvalue weighted by atomic mass is 16.1. The van der Waals surface area contributed by atoms with Gasteiger partial charge < -0.3 is 5.73 Å². The van der Waals surface area contributed by atoms with Crippen molar-refractivity contribution in [3.05, 3.63) is 24.3 Å². The van der Waals surface area contributed by atoms with Crippen molar-refractivity contribution in [2.75, 3.05) is 0 Å². The molecule has 0 heterocycles. The zero-order chi connectivity index (χ0) is 8.53. The zero-order valence-corrected chi connectivity index (χ0v) is 6.92. The Balaban J connectivity index is 3.27. The minimum atomic E-state index is -0.371. The quantitative estimate of drug-likeness (QED) is 0.365. The van der Waals surface area contributed by atoms with Gasteiger partial charge in [0.15, 0.2) is 0 Å². The average Bonchev–Trinajstić information content (AvgIpc) is 1.96. The summed E-state index contributed by atoms with van der Waals surface area (Å²) in [5.41, 5.74) is 4.89. The van der Waals surface area contributed by atoms with Gasteiger partial charge in [0.25, 0.3) is 0 Å². The number of nitrogens with two attached hydrogens (primary N) is 1.